The summed E-state index contributed by atoms with van der Waals surface area (Å²) in [6.07, 6.45) is 6.15. The van der Waals surface area contributed by atoms with E-state index < -0.39 is 0 Å². The van der Waals surface area contributed by atoms with Gasteiger partial charge in [0.1, 0.15) is 0 Å². The minimum absolute atomic E-state index is 0.0710. The molecule has 0 radical (unpaired) electrons. The smallest absolute Gasteiger partial charge is 0.318 e. The van der Waals surface area contributed by atoms with Gasteiger partial charge in [-0.3, -0.25) is 4.79 Å². The van der Waals surface area contributed by atoms with E-state index in [1.807, 2.05) is 18.7 Å². The Balaban J connectivity index is 1.59. The molecular formula is C20H35N3O4. The Kier molecular flexibility index (Phi) is 6.63. The van der Waals surface area contributed by atoms with Crippen molar-refractivity contribution >= 4 is 11.9 Å². The Morgan fingerprint density at radius 2 is 1.93 bits per heavy atom. The first-order valence-electron chi connectivity index (χ1n) is 10.4. The van der Waals surface area contributed by atoms with Crippen LogP contribution in [0.25, 0.3) is 0 Å². The SMILES string of the molecule is COCCC(=O)N1CCC2(CC1)CC(N(C(=O)NC(C)C)C1CC1)CCO2. The lowest BCUT2D eigenvalue weighted by molar-refractivity contribution is -0.148. The average molecular weight is 382 g/mol. The first-order chi connectivity index (χ1) is 12.9. The molecule has 1 atom stereocenters. The zero-order valence-electron chi connectivity index (χ0n) is 17.0. The van der Waals surface area contributed by atoms with E-state index in [-0.39, 0.29) is 29.6 Å². The maximum Gasteiger partial charge on any atom is 0.318 e. The van der Waals surface area contributed by atoms with Crippen molar-refractivity contribution in [1.29, 1.82) is 0 Å². The highest BCUT2D eigenvalue weighted by Gasteiger charge is 2.46. The summed E-state index contributed by atoms with van der Waals surface area (Å²) >= 11 is 0. The van der Waals surface area contributed by atoms with E-state index in [9.17, 15) is 9.59 Å². The summed E-state index contributed by atoms with van der Waals surface area (Å²) in [5, 5.41) is 3.08. The Morgan fingerprint density at radius 1 is 1.22 bits per heavy atom. The second-order valence-corrected chi connectivity index (χ2v) is 8.54. The molecular weight excluding hydrogens is 346 g/mol. The summed E-state index contributed by atoms with van der Waals surface area (Å²) in [5.74, 6) is 0.162. The second kappa shape index (κ2) is 8.78. The van der Waals surface area contributed by atoms with Crippen LogP contribution in [0.3, 0.4) is 0 Å². The number of nitrogens with zero attached hydrogens (tertiary/aromatic N) is 2. The summed E-state index contributed by atoms with van der Waals surface area (Å²) in [6.45, 7) is 6.64. The molecule has 1 unspecified atom stereocenters. The van der Waals surface area contributed by atoms with Crippen LogP contribution >= 0.6 is 0 Å². The third-order valence-electron chi connectivity index (χ3n) is 5.99. The van der Waals surface area contributed by atoms with Crippen molar-refractivity contribution in [1.82, 2.24) is 15.1 Å². The van der Waals surface area contributed by atoms with E-state index in [0.717, 1.165) is 51.6 Å². The number of rotatable bonds is 6. The number of hydrogen-bond donors (Lipinski definition) is 1. The molecule has 0 bridgehead atoms. The molecule has 2 saturated heterocycles. The lowest BCUT2D eigenvalue weighted by Crippen LogP contribution is -2.57. The molecule has 3 rings (SSSR count). The van der Waals surface area contributed by atoms with Gasteiger partial charge in [-0.05, 0) is 52.4 Å². The van der Waals surface area contributed by atoms with Gasteiger partial charge in [-0.2, -0.15) is 0 Å². The summed E-state index contributed by atoms with van der Waals surface area (Å²) in [4.78, 5) is 29.0. The van der Waals surface area contributed by atoms with Crippen molar-refractivity contribution in [2.24, 2.45) is 0 Å². The second-order valence-electron chi connectivity index (χ2n) is 8.54. The molecule has 7 nitrogen and oxygen atoms in total. The van der Waals surface area contributed by atoms with Gasteiger partial charge in [-0.15, -0.1) is 0 Å². The molecule has 154 valence electrons. The standard InChI is InChI=1S/C20H35N3O4/c1-15(2)21-19(25)23(16-4-5-16)17-6-13-27-20(14-17)8-10-22(11-9-20)18(24)7-12-26-3/h15-17H,4-14H2,1-3H3,(H,21,25). The molecule has 0 aromatic heterocycles. The van der Waals surface area contributed by atoms with Gasteiger partial charge in [-0.1, -0.05) is 0 Å². The summed E-state index contributed by atoms with van der Waals surface area (Å²) in [6, 6.07) is 0.844. The van der Waals surface area contributed by atoms with Gasteiger partial charge in [0.25, 0.3) is 0 Å². The maximum atomic E-state index is 12.8. The van der Waals surface area contributed by atoms with Crippen molar-refractivity contribution < 1.29 is 19.1 Å². The van der Waals surface area contributed by atoms with Crippen LogP contribution in [0.4, 0.5) is 4.79 Å². The van der Waals surface area contributed by atoms with E-state index in [4.69, 9.17) is 9.47 Å². The fourth-order valence-electron chi connectivity index (χ4n) is 4.40. The third-order valence-corrected chi connectivity index (χ3v) is 5.99. The molecule has 3 amide bonds. The number of urea groups is 1. The number of amides is 3. The third kappa shape index (κ3) is 5.13. The summed E-state index contributed by atoms with van der Waals surface area (Å²) < 4.78 is 11.3. The molecule has 7 heteroatoms. The van der Waals surface area contributed by atoms with Crippen LogP contribution in [0.1, 0.15) is 58.8 Å². The van der Waals surface area contributed by atoms with E-state index >= 15 is 0 Å². The van der Waals surface area contributed by atoms with Crippen LogP contribution < -0.4 is 5.32 Å². The Hall–Kier alpha value is -1.34. The molecule has 0 aromatic rings. The molecule has 3 aliphatic rings. The van der Waals surface area contributed by atoms with E-state index in [2.05, 4.69) is 10.2 Å². The van der Waals surface area contributed by atoms with Crippen LogP contribution in [0.5, 0.6) is 0 Å². The molecule has 1 saturated carbocycles. The topological polar surface area (TPSA) is 71.1 Å². The molecule has 27 heavy (non-hydrogen) atoms. The number of hydrogen-bond acceptors (Lipinski definition) is 4. The van der Waals surface area contributed by atoms with Gasteiger partial charge in [-0.25, -0.2) is 4.79 Å². The van der Waals surface area contributed by atoms with E-state index in [1.54, 1.807) is 7.11 Å². The molecule has 3 fully saturated rings. The van der Waals surface area contributed by atoms with Crippen molar-refractivity contribution in [2.45, 2.75) is 82.5 Å². The number of carbonyl (C=O) groups excluding carboxylic acids is 2. The van der Waals surface area contributed by atoms with Crippen LogP contribution in [-0.4, -0.2) is 78.9 Å². The first kappa shape index (κ1) is 20.4. The van der Waals surface area contributed by atoms with Crippen LogP contribution in [0.15, 0.2) is 0 Å². The van der Waals surface area contributed by atoms with Gasteiger partial charge >= 0.3 is 6.03 Å². The number of ether oxygens (including phenoxy) is 2. The number of likely N-dealkylation sites (tertiary alicyclic amines) is 1. The predicted molar refractivity (Wildman–Crippen MR) is 103 cm³/mol. The predicted octanol–water partition coefficient (Wildman–Crippen LogP) is 2.15. The van der Waals surface area contributed by atoms with Crippen LogP contribution in [0, 0.1) is 0 Å². The summed E-state index contributed by atoms with van der Waals surface area (Å²) in [5.41, 5.74) is -0.188. The Bertz CT molecular complexity index is 527. The Labute approximate surface area is 162 Å². The molecule has 1 aliphatic carbocycles. The largest absolute Gasteiger partial charge is 0.384 e. The minimum atomic E-state index is -0.188. The number of carbonyl (C=O) groups is 2. The highest BCUT2D eigenvalue weighted by molar-refractivity contribution is 5.76. The van der Waals surface area contributed by atoms with Gasteiger partial charge in [0.05, 0.1) is 18.6 Å². The monoisotopic (exact) mass is 381 g/mol. The van der Waals surface area contributed by atoms with Crippen LogP contribution in [0.2, 0.25) is 0 Å². The number of piperidine rings is 1. The molecule has 0 aromatic carbocycles. The maximum absolute atomic E-state index is 12.8. The number of nitrogens with one attached hydrogen (secondary N) is 1. The Morgan fingerprint density at radius 3 is 2.52 bits per heavy atom. The van der Waals surface area contributed by atoms with Gasteiger partial charge in [0.2, 0.25) is 5.91 Å². The average Bonchev–Trinajstić information content (AvgIpc) is 3.45. The van der Waals surface area contributed by atoms with Gasteiger partial charge in [0, 0.05) is 44.9 Å². The van der Waals surface area contributed by atoms with E-state index in [1.165, 1.54) is 0 Å². The van der Waals surface area contributed by atoms with Crippen LogP contribution in [-0.2, 0) is 14.3 Å². The van der Waals surface area contributed by atoms with Crippen molar-refractivity contribution in [3.8, 4) is 0 Å². The zero-order valence-corrected chi connectivity index (χ0v) is 17.0. The van der Waals surface area contributed by atoms with Crippen molar-refractivity contribution in [3.05, 3.63) is 0 Å². The molecule has 1 spiro atoms. The first-order valence-corrected chi connectivity index (χ1v) is 10.4. The lowest BCUT2D eigenvalue weighted by atomic mass is 9.81. The van der Waals surface area contributed by atoms with Crippen molar-refractivity contribution in [3.63, 3.8) is 0 Å². The highest BCUT2D eigenvalue weighted by Crippen LogP contribution is 2.40. The fraction of sp³-hybridized carbons (Fsp3) is 0.900. The zero-order chi connectivity index (χ0) is 19.4. The quantitative estimate of drug-likeness (QED) is 0.765. The van der Waals surface area contributed by atoms with E-state index in [0.29, 0.717) is 25.7 Å². The minimum Gasteiger partial charge on any atom is -0.384 e. The highest BCUT2D eigenvalue weighted by atomic mass is 16.5. The van der Waals surface area contributed by atoms with Crippen molar-refractivity contribution in [2.75, 3.05) is 33.4 Å². The molecule has 1 N–H and O–H groups in total. The molecule has 2 aliphatic heterocycles. The lowest BCUT2D eigenvalue weighted by Gasteiger charge is -2.48. The number of methoxy groups -OCH3 is 1. The van der Waals surface area contributed by atoms with Gasteiger partial charge < -0.3 is 24.6 Å². The molecule has 2 heterocycles. The summed E-state index contributed by atoms with van der Waals surface area (Å²) in [7, 11) is 1.62. The fourth-order valence-corrected chi connectivity index (χ4v) is 4.40. The normalized spacial score (nSPS) is 24.9. The van der Waals surface area contributed by atoms with Gasteiger partial charge in [0.15, 0.2) is 0 Å².